The molecule has 4 aromatic carbocycles. The molecule has 10 nitrogen and oxygen atoms in total. The minimum absolute atomic E-state index is 0.252. The number of anilines is 2. The van der Waals surface area contributed by atoms with Crippen LogP contribution in [0.25, 0.3) is 0 Å². The van der Waals surface area contributed by atoms with E-state index in [2.05, 4.69) is 52.9 Å². The largest absolute Gasteiger partial charge is 0.493 e. The van der Waals surface area contributed by atoms with E-state index in [1.54, 1.807) is 37.0 Å². The molecule has 0 fully saturated rings. The van der Waals surface area contributed by atoms with Crippen molar-refractivity contribution in [2.75, 3.05) is 79.2 Å². The Balaban J connectivity index is 1.47. The first-order valence-electron chi connectivity index (χ1n) is 18.2. The Morgan fingerprint density at radius 2 is 0.907 bits per heavy atom. The van der Waals surface area contributed by atoms with Crippen LogP contribution in [0.5, 0.6) is 11.5 Å². The van der Waals surface area contributed by atoms with Gasteiger partial charge in [-0.2, -0.15) is 0 Å². The van der Waals surface area contributed by atoms with E-state index >= 15 is 0 Å². The van der Waals surface area contributed by atoms with Gasteiger partial charge in [-0.1, -0.05) is 48.5 Å². The van der Waals surface area contributed by atoms with Gasteiger partial charge >= 0.3 is 0 Å². The highest BCUT2D eigenvalue weighted by molar-refractivity contribution is 6.23. The van der Waals surface area contributed by atoms with Crippen LogP contribution in [0.4, 0.5) is 22.7 Å². The van der Waals surface area contributed by atoms with Crippen molar-refractivity contribution in [1.29, 1.82) is 0 Å². The maximum atomic E-state index is 14.2. The summed E-state index contributed by atoms with van der Waals surface area (Å²) in [4.78, 5) is 37.9. The van der Waals surface area contributed by atoms with Gasteiger partial charge < -0.3 is 29.1 Å². The zero-order chi connectivity index (χ0) is 38.6. The van der Waals surface area contributed by atoms with Crippen molar-refractivity contribution < 1.29 is 28.0 Å². The second-order valence-electron chi connectivity index (χ2n) is 15.1. The molecular weight excluding hydrogens is 677 g/mol. The zero-order valence-corrected chi connectivity index (χ0v) is 32.2. The molecule has 0 saturated carbocycles. The van der Waals surface area contributed by atoms with Crippen LogP contribution in [0.3, 0.4) is 0 Å². The lowest BCUT2D eigenvalue weighted by molar-refractivity contribution is -0.870. The minimum Gasteiger partial charge on any atom is -0.493 e. The molecule has 5 rings (SSSR count). The molecule has 54 heavy (non-hydrogen) atoms. The number of benzene rings is 4. The number of nitrogens with one attached hydrogen (secondary N) is 2. The van der Waals surface area contributed by atoms with Crippen LogP contribution >= 0.6 is 0 Å². The molecule has 0 spiro atoms. The van der Waals surface area contributed by atoms with Gasteiger partial charge in [0.25, 0.3) is 0 Å². The molecule has 1 heterocycles. The van der Waals surface area contributed by atoms with Crippen molar-refractivity contribution in [3.05, 3.63) is 132 Å². The monoisotopic (exact) mass is 728 g/mol. The number of allylic oxidation sites excluding steroid dienone is 2. The Hall–Kier alpha value is -5.84. The van der Waals surface area contributed by atoms with Gasteiger partial charge in [-0.25, -0.2) is 0 Å². The number of rotatable bonds is 14. The molecule has 10 heteroatoms. The van der Waals surface area contributed by atoms with Crippen molar-refractivity contribution in [3.63, 3.8) is 0 Å². The average Bonchev–Trinajstić information content (AvgIpc) is 3.15. The quantitative estimate of drug-likeness (QED) is 0.0773. The molecule has 0 atom stereocenters. The lowest BCUT2D eigenvalue weighted by Gasteiger charge is -2.23. The summed E-state index contributed by atoms with van der Waals surface area (Å²) in [7, 11) is 12.8. The van der Waals surface area contributed by atoms with Crippen molar-refractivity contribution in [2.24, 2.45) is 9.98 Å². The number of carbonyl (C=O) groups excluding carboxylic acids is 2. The van der Waals surface area contributed by atoms with Gasteiger partial charge in [-0.05, 0) is 48.5 Å². The third kappa shape index (κ3) is 11.6. The van der Waals surface area contributed by atoms with Gasteiger partial charge in [-0.15, -0.1) is 0 Å². The van der Waals surface area contributed by atoms with Gasteiger partial charge in [0.2, 0.25) is 0 Å². The molecule has 0 bridgehead atoms. The van der Waals surface area contributed by atoms with E-state index in [1.165, 1.54) is 0 Å². The maximum absolute atomic E-state index is 14.2. The first-order valence-corrected chi connectivity index (χ1v) is 18.2. The zero-order valence-electron chi connectivity index (χ0n) is 32.2. The molecule has 0 amide bonds. The van der Waals surface area contributed by atoms with Crippen molar-refractivity contribution >= 4 is 46.7 Å². The van der Waals surface area contributed by atoms with Crippen LogP contribution in [-0.2, 0) is 0 Å². The number of para-hydroxylation sites is 6. The number of hydrogen-bond donors (Lipinski definition) is 2. The van der Waals surface area contributed by atoms with Crippen molar-refractivity contribution in [3.8, 4) is 11.5 Å². The molecule has 0 saturated heterocycles. The highest BCUT2D eigenvalue weighted by atomic mass is 16.5. The second kappa shape index (κ2) is 18.3. The number of quaternary nitrogens is 2. The summed E-state index contributed by atoms with van der Waals surface area (Å²) in [6.45, 7) is 2.86. The van der Waals surface area contributed by atoms with Crippen LogP contribution in [0.15, 0.2) is 131 Å². The summed E-state index contributed by atoms with van der Waals surface area (Å²) in [5.41, 5.74) is 3.90. The van der Waals surface area contributed by atoms with Gasteiger partial charge in [0.05, 0.1) is 114 Å². The molecular formula is C44H52N6O4+2. The summed E-state index contributed by atoms with van der Waals surface area (Å²) >= 11 is 0. The van der Waals surface area contributed by atoms with Crippen LogP contribution in [0.2, 0.25) is 0 Å². The number of ketones is 2. The summed E-state index contributed by atoms with van der Waals surface area (Å²) in [6, 6.07) is 29.4. The molecule has 0 unspecified atom stereocenters. The Kier molecular flexibility index (Phi) is 13.3. The fourth-order valence-corrected chi connectivity index (χ4v) is 5.64. The fraction of sp³-hybridized carbons (Fsp3) is 0.273. The maximum Gasteiger partial charge on any atom is 0.199 e. The number of aliphatic imine (C=N–C) groups is 2. The highest BCUT2D eigenvalue weighted by Gasteiger charge is 2.19. The Labute approximate surface area is 319 Å². The van der Waals surface area contributed by atoms with E-state index in [0.717, 1.165) is 34.9 Å². The molecule has 1 aliphatic rings. The van der Waals surface area contributed by atoms with Crippen LogP contribution < -0.4 is 20.1 Å². The summed E-state index contributed by atoms with van der Waals surface area (Å²) < 4.78 is 13.9. The van der Waals surface area contributed by atoms with E-state index in [0.29, 0.717) is 69.7 Å². The molecule has 0 aromatic heterocycles. The number of carbonyl (C=O) groups is 2. The molecule has 2 N–H and O–H groups in total. The summed E-state index contributed by atoms with van der Waals surface area (Å²) in [6.07, 6.45) is 8.04. The third-order valence-corrected chi connectivity index (χ3v) is 8.51. The standard InChI is InChI=1S/C44H50N6O4/c1-49(2,3)25-15-27-53-41-23-13-7-17-35(41)43(51)33-29-45-37-19-9-11-21-39(37)47-31-34(32-48-40-22-12-10-20-38(40)46-30-33)44(52)36-18-8-14-24-42(36)54-28-16-26-50(4,5)6/h7-14,17-24,29-32H,15-16,25-28H2,1-6H3/p+2. The van der Waals surface area contributed by atoms with Gasteiger partial charge in [0, 0.05) is 37.7 Å². The number of ether oxygens (including phenoxy) is 2. The Morgan fingerprint density at radius 3 is 1.31 bits per heavy atom. The average molecular weight is 729 g/mol. The van der Waals surface area contributed by atoms with Crippen LogP contribution in [0, 0.1) is 0 Å². The number of nitrogens with zero attached hydrogens (tertiary/aromatic N) is 4. The summed E-state index contributed by atoms with van der Waals surface area (Å²) in [5, 5.41) is 6.56. The van der Waals surface area contributed by atoms with Gasteiger partial charge in [0.1, 0.15) is 11.5 Å². The minimum atomic E-state index is -0.252. The number of hydrogen-bond acceptors (Lipinski definition) is 8. The normalized spacial score (nSPS) is 15.1. The lowest BCUT2D eigenvalue weighted by atomic mass is 10.0. The van der Waals surface area contributed by atoms with E-state index < -0.39 is 0 Å². The Bertz CT molecular complexity index is 1910. The first kappa shape index (κ1) is 39.4. The SMILES string of the molecule is C[N+](C)(C)CCCOc1ccccc1C(=O)/C1=C/Nc2ccccc2N=C/C(C(=O)c2ccccc2OCCC[N+](C)(C)C)=C\Nc2ccccc2N=C1. The number of Topliss-reactive ketones (excluding diaryl/α,β-unsaturated/α-hetero) is 2. The van der Waals surface area contributed by atoms with E-state index in [1.807, 2.05) is 84.9 Å². The molecule has 4 aromatic rings. The number of fused-ring (bicyclic) bond motifs is 2. The molecule has 1 aliphatic heterocycles. The van der Waals surface area contributed by atoms with Crippen molar-refractivity contribution in [2.45, 2.75) is 12.8 Å². The van der Waals surface area contributed by atoms with Crippen LogP contribution in [0.1, 0.15) is 33.6 Å². The molecule has 280 valence electrons. The van der Waals surface area contributed by atoms with E-state index in [9.17, 15) is 9.59 Å². The second-order valence-corrected chi connectivity index (χ2v) is 15.1. The smallest absolute Gasteiger partial charge is 0.199 e. The molecule has 0 aliphatic carbocycles. The third-order valence-electron chi connectivity index (χ3n) is 8.51. The Morgan fingerprint density at radius 1 is 0.537 bits per heavy atom. The highest BCUT2D eigenvalue weighted by Crippen LogP contribution is 2.29. The topological polar surface area (TPSA) is 101 Å². The van der Waals surface area contributed by atoms with Gasteiger partial charge in [0.15, 0.2) is 11.6 Å². The van der Waals surface area contributed by atoms with E-state index in [4.69, 9.17) is 19.5 Å². The summed E-state index contributed by atoms with van der Waals surface area (Å²) in [5.74, 6) is 0.530. The fourth-order valence-electron chi connectivity index (χ4n) is 5.64. The van der Waals surface area contributed by atoms with Gasteiger partial charge in [-0.3, -0.25) is 19.6 Å². The predicted molar refractivity (Wildman–Crippen MR) is 220 cm³/mol. The first-order chi connectivity index (χ1) is 25.9. The lowest BCUT2D eigenvalue weighted by Crippen LogP contribution is -2.36. The predicted octanol–water partition coefficient (Wildman–Crippen LogP) is 8.11. The molecule has 0 radical (unpaired) electrons. The van der Waals surface area contributed by atoms with Crippen molar-refractivity contribution in [1.82, 2.24) is 0 Å². The van der Waals surface area contributed by atoms with Crippen LogP contribution in [-0.4, -0.2) is 102 Å². The van der Waals surface area contributed by atoms with E-state index in [-0.39, 0.29) is 11.6 Å².